The highest BCUT2D eigenvalue weighted by atomic mass is 32.1. The molecule has 14 rings (SSSR count). The van der Waals surface area contributed by atoms with E-state index in [0.29, 0.717) is 5.95 Å². The molecular formula is C58H34N4S. The molecule has 0 spiro atoms. The normalized spacial score (nSPS) is 12.1. The van der Waals surface area contributed by atoms with E-state index in [1.165, 1.54) is 80.0 Å². The predicted molar refractivity (Wildman–Crippen MR) is 267 cm³/mol. The summed E-state index contributed by atoms with van der Waals surface area (Å²) in [6.07, 6.45) is 0. The van der Waals surface area contributed by atoms with Crippen LogP contribution in [0.15, 0.2) is 206 Å². The van der Waals surface area contributed by atoms with E-state index in [2.05, 4.69) is 215 Å². The molecule has 4 heterocycles. The molecule has 0 N–H and O–H groups in total. The summed E-state index contributed by atoms with van der Waals surface area (Å²) >= 11 is 1.86. The van der Waals surface area contributed by atoms with E-state index in [9.17, 15) is 0 Å². The maximum atomic E-state index is 5.61. The van der Waals surface area contributed by atoms with Crippen molar-refractivity contribution in [2.24, 2.45) is 0 Å². The Morgan fingerprint density at radius 2 is 0.921 bits per heavy atom. The molecule has 0 bridgehead atoms. The molecule has 63 heavy (non-hydrogen) atoms. The monoisotopic (exact) mass is 818 g/mol. The summed E-state index contributed by atoms with van der Waals surface area (Å²) < 4.78 is 7.22. The lowest BCUT2D eigenvalue weighted by Crippen LogP contribution is -2.04. The summed E-state index contributed by atoms with van der Waals surface area (Å²) in [4.78, 5) is 11.0. The van der Waals surface area contributed by atoms with Crippen LogP contribution in [0, 0.1) is 0 Å². The fraction of sp³-hybridized carbons (Fsp3) is 0. The maximum Gasteiger partial charge on any atom is 0.235 e. The number of thiophene rings is 1. The topological polar surface area (TPSA) is 35.6 Å². The van der Waals surface area contributed by atoms with Gasteiger partial charge in [-0.15, -0.1) is 11.3 Å². The first-order valence-corrected chi connectivity index (χ1v) is 22.2. The minimum Gasteiger partial charge on any atom is -0.309 e. The summed E-state index contributed by atoms with van der Waals surface area (Å²) in [6.45, 7) is 0. The van der Waals surface area contributed by atoms with Gasteiger partial charge in [-0.2, -0.15) is 0 Å². The Morgan fingerprint density at radius 1 is 0.349 bits per heavy atom. The highest BCUT2D eigenvalue weighted by molar-refractivity contribution is 7.26. The van der Waals surface area contributed by atoms with Crippen LogP contribution in [0.1, 0.15) is 0 Å². The Labute approximate surface area is 365 Å². The molecule has 0 amide bonds. The van der Waals surface area contributed by atoms with Gasteiger partial charge in [0.25, 0.3) is 0 Å². The van der Waals surface area contributed by atoms with Crippen molar-refractivity contribution in [3.63, 3.8) is 0 Å². The van der Waals surface area contributed by atoms with Crippen molar-refractivity contribution in [2.75, 3.05) is 0 Å². The molecule has 5 heteroatoms. The lowest BCUT2D eigenvalue weighted by atomic mass is 9.96. The van der Waals surface area contributed by atoms with E-state index in [1.807, 2.05) is 11.3 Å². The molecule has 0 atom stereocenters. The number of aromatic nitrogens is 4. The zero-order chi connectivity index (χ0) is 41.2. The van der Waals surface area contributed by atoms with Crippen molar-refractivity contribution in [3.8, 4) is 34.0 Å². The maximum absolute atomic E-state index is 5.61. The third-order valence-electron chi connectivity index (χ3n) is 13.1. The largest absolute Gasteiger partial charge is 0.309 e. The van der Waals surface area contributed by atoms with Crippen LogP contribution in [0.25, 0.3) is 130 Å². The van der Waals surface area contributed by atoms with Crippen molar-refractivity contribution in [3.05, 3.63) is 206 Å². The quantitative estimate of drug-likeness (QED) is 0.166. The van der Waals surface area contributed by atoms with E-state index in [-0.39, 0.29) is 0 Å². The van der Waals surface area contributed by atoms with Gasteiger partial charge in [0.05, 0.1) is 33.3 Å². The van der Waals surface area contributed by atoms with Gasteiger partial charge >= 0.3 is 0 Å². The number of fused-ring (bicyclic) bond motifs is 13. The fourth-order valence-electron chi connectivity index (χ4n) is 10.3. The number of hydrogen-bond donors (Lipinski definition) is 0. The smallest absolute Gasteiger partial charge is 0.235 e. The lowest BCUT2D eigenvalue weighted by Gasteiger charge is -2.15. The van der Waals surface area contributed by atoms with Crippen LogP contribution < -0.4 is 0 Å². The van der Waals surface area contributed by atoms with E-state index in [0.717, 1.165) is 44.3 Å². The lowest BCUT2D eigenvalue weighted by molar-refractivity contribution is 1.02. The second kappa shape index (κ2) is 13.2. The standard InChI is InChI=1S/C58H34N4S/c1-2-14-35(15-3-1)38-19-12-20-39(30-38)61-50-26-10-8-23-42(50)45-31-47-48-32-46-43-24-9-11-27-51(43)62(53(46)34-55(48)63-54(47)33-52(45)61)58-59-49-29-28-37-17-5-7-22-41(37)56(49)57(60-58)44-25-13-18-36-16-4-6-21-40(36)44/h1-34H. The van der Waals surface area contributed by atoms with Crippen LogP contribution in [0.2, 0.25) is 0 Å². The summed E-state index contributed by atoms with van der Waals surface area (Å²) in [5.41, 5.74) is 11.1. The summed E-state index contributed by atoms with van der Waals surface area (Å²) in [7, 11) is 0. The zero-order valence-corrected chi connectivity index (χ0v) is 34.6. The average Bonchev–Trinajstić information content (AvgIpc) is 3.98. The molecule has 0 saturated heterocycles. The van der Waals surface area contributed by atoms with Crippen LogP contribution >= 0.6 is 11.3 Å². The van der Waals surface area contributed by atoms with Gasteiger partial charge in [0.2, 0.25) is 5.95 Å². The van der Waals surface area contributed by atoms with Gasteiger partial charge in [-0.25, -0.2) is 9.97 Å². The minimum atomic E-state index is 0.663. The van der Waals surface area contributed by atoms with Gasteiger partial charge in [0.15, 0.2) is 0 Å². The second-order valence-electron chi connectivity index (χ2n) is 16.5. The first-order valence-electron chi connectivity index (χ1n) is 21.4. The van der Waals surface area contributed by atoms with Crippen LogP contribution in [-0.4, -0.2) is 19.1 Å². The summed E-state index contributed by atoms with van der Waals surface area (Å²) in [5.74, 6) is 0.663. The van der Waals surface area contributed by atoms with Gasteiger partial charge in [-0.1, -0.05) is 152 Å². The average molecular weight is 819 g/mol. The number of nitrogens with zero attached hydrogens (tertiary/aromatic N) is 4. The molecule has 0 radical (unpaired) electrons. The highest BCUT2D eigenvalue weighted by Crippen LogP contribution is 2.45. The minimum absolute atomic E-state index is 0.663. The Bertz CT molecular complexity index is 4210. The Morgan fingerprint density at radius 3 is 1.67 bits per heavy atom. The Balaban J connectivity index is 1.03. The van der Waals surface area contributed by atoms with Crippen molar-refractivity contribution >= 4 is 108 Å². The molecule has 0 unspecified atom stereocenters. The number of rotatable bonds is 4. The van der Waals surface area contributed by atoms with E-state index in [1.54, 1.807) is 0 Å². The summed E-state index contributed by atoms with van der Waals surface area (Å²) in [5, 5.41) is 13.1. The van der Waals surface area contributed by atoms with Gasteiger partial charge in [-0.3, -0.25) is 4.57 Å². The van der Waals surface area contributed by atoms with Gasteiger partial charge in [0, 0.05) is 58.4 Å². The molecule has 0 saturated carbocycles. The van der Waals surface area contributed by atoms with Crippen LogP contribution in [-0.2, 0) is 0 Å². The van der Waals surface area contributed by atoms with E-state index in [4.69, 9.17) is 9.97 Å². The van der Waals surface area contributed by atoms with E-state index >= 15 is 0 Å². The molecule has 0 aliphatic rings. The highest BCUT2D eigenvalue weighted by Gasteiger charge is 2.22. The molecule has 4 nitrogen and oxygen atoms in total. The zero-order valence-electron chi connectivity index (χ0n) is 33.8. The summed E-state index contributed by atoms with van der Waals surface area (Å²) in [6, 6.07) is 74.8. The third-order valence-corrected chi connectivity index (χ3v) is 14.2. The second-order valence-corrected chi connectivity index (χ2v) is 17.6. The van der Waals surface area contributed by atoms with Crippen LogP contribution in [0.4, 0.5) is 0 Å². The molecule has 4 aromatic heterocycles. The van der Waals surface area contributed by atoms with Crippen LogP contribution in [0.5, 0.6) is 0 Å². The predicted octanol–water partition coefficient (Wildman–Crippen LogP) is 15.8. The molecule has 10 aromatic carbocycles. The molecule has 0 aliphatic heterocycles. The molecule has 0 aliphatic carbocycles. The van der Waals surface area contributed by atoms with Gasteiger partial charge in [-0.05, 0) is 87.3 Å². The van der Waals surface area contributed by atoms with Gasteiger partial charge in [0.1, 0.15) is 0 Å². The Kier molecular flexibility index (Phi) is 7.24. The van der Waals surface area contributed by atoms with Crippen molar-refractivity contribution in [1.82, 2.24) is 19.1 Å². The third kappa shape index (κ3) is 5.08. The number of benzene rings is 10. The molecule has 0 fully saturated rings. The number of hydrogen-bond acceptors (Lipinski definition) is 3. The SMILES string of the molecule is c1ccc(-c2cccc(-n3c4ccccc4c4cc5c(cc43)sc3cc4c(cc35)c3ccccc3n4-c3nc(-c4cccc5ccccc45)c4c(ccc5ccccc54)n3)c2)cc1. The fourth-order valence-corrected chi connectivity index (χ4v) is 11.4. The number of para-hydroxylation sites is 2. The van der Waals surface area contributed by atoms with Crippen molar-refractivity contribution < 1.29 is 0 Å². The molecule has 292 valence electrons. The van der Waals surface area contributed by atoms with Crippen molar-refractivity contribution in [2.45, 2.75) is 0 Å². The first kappa shape index (κ1) is 34.6. The molecule has 14 aromatic rings. The Hall–Kier alpha value is -8.12. The first-order chi connectivity index (χ1) is 31.2. The van der Waals surface area contributed by atoms with Gasteiger partial charge < -0.3 is 4.57 Å². The molecular weight excluding hydrogens is 785 g/mol. The van der Waals surface area contributed by atoms with Crippen LogP contribution in [0.3, 0.4) is 0 Å². The van der Waals surface area contributed by atoms with Crippen molar-refractivity contribution in [1.29, 1.82) is 0 Å². The van der Waals surface area contributed by atoms with E-state index < -0.39 is 0 Å².